The highest BCUT2D eigenvalue weighted by molar-refractivity contribution is 5.69. The smallest absolute Gasteiger partial charge is 0.306 e. The van der Waals surface area contributed by atoms with Crippen molar-refractivity contribution in [3.8, 4) is 0 Å². The Morgan fingerprint density at radius 1 is 1.26 bits per heavy atom. The minimum atomic E-state index is -0.746. The van der Waals surface area contributed by atoms with Gasteiger partial charge in [0, 0.05) is 0 Å². The molecule has 0 amide bonds. The Balaban J connectivity index is 2.57. The lowest BCUT2D eigenvalue weighted by Gasteiger charge is -2.07. The lowest BCUT2D eigenvalue weighted by molar-refractivity contribution is -0.140. The van der Waals surface area contributed by atoms with Gasteiger partial charge in [-0.2, -0.15) is 0 Å². The van der Waals surface area contributed by atoms with Gasteiger partial charge in [-0.1, -0.05) is 68.0 Å². The molecule has 2 nitrogen and oxygen atoms in total. The molecule has 0 saturated carbocycles. The number of carbonyl (C=O) groups is 1. The predicted molar refractivity (Wildman–Crippen MR) is 79.2 cm³/mol. The number of rotatable bonds is 6. The van der Waals surface area contributed by atoms with Gasteiger partial charge < -0.3 is 5.11 Å². The molecule has 2 heteroatoms. The molecule has 1 N–H and O–H groups in total. The number of carboxylic acid groups (broad SMARTS) is 1. The molecule has 2 unspecified atom stereocenters. The molecular formula is C17H22O2. The average Bonchev–Trinajstić information content (AvgIpc) is 2.39. The number of benzene rings is 1. The third-order valence-corrected chi connectivity index (χ3v) is 3.13. The van der Waals surface area contributed by atoms with Crippen molar-refractivity contribution in [3.05, 3.63) is 59.7 Å². The summed E-state index contributed by atoms with van der Waals surface area (Å²) in [4.78, 5) is 10.7. The fourth-order valence-corrected chi connectivity index (χ4v) is 1.86. The third kappa shape index (κ3) is 5.56. The number of carboxylic acids is 1. The topological polar surface area (TPSA) is 37.3 Å². The van der Waals surface area contributed by atoms with Crippen LogP contribution in [0.3, 0.4) is 0 Å². The summed E-state index contributed by atoms with van der Waals surface area (Å²) in [6.45, 7) is 5.92. The summed E-state index contributed by atoms with van der Waals surface area (Å²) in [5, 5.41) is 8.79. The molecule has 1 aromatic rings. The van der Waals surface area contributed by atoms with Gasteiger partial charge in [-0.05, 0) is 24.8 Å². The second-order valence-electron chi connectivity index (χ2n) is 4.99. The molecular weight excluding hydrogens is 236 g/mol. The van der Waals surface area contributed by atoms with Crippen LogP contribution in [0.25, 0.3) is 0 Å². The second-order valence-corrected chi connectivity index (χ2v) is 4.99. The molecule has 1 rings (SSSR count). The normalized spacial score (nSPS) is 15.4. The highest BCUT2D eigenvalue weighted by Crippen LogP contribution is 2.18. The van der Waals surface area contributed by atoms with Gasteiger partial charge >= 0.3 is 5.97 Å². The van der Waals surface area contributed by atoms with Crippen LogP contribution in [0.2, 0.25) is 0 Å². The van der Waals surface area contributed by atoms with Gasteiger partial charge in [0.05, 0.1) is 5.92 Å². The van der Waals surface area contributed by atoms with Crippen molar-refractivity contribution in [2.24, 2.45) is 5.92 Å². The maximum Gasteiger partial charge on any atom is 0.306 e. The number of hydrogen-bond donors (Lipinski definition) is 1. The summed E-state index contributed by atoms with van der Waals surface area (Å²) in [6, 6.07) is 10.3. The summed E-state index contributed by atoms with van der Waals surface area (Å²) in [7, 11) is 0. The molecule has 0 bridgehead atoms. The molecule has 0 fully saturated rings. The minimum absolute atomic E-state index is 0.324. The van der Waals surface area contributed by atoms with E-state index in [1.807, 2.05) is 37.3 Å². The first-order chi connectivity index (χ1) is 9.00. The van der Waals surface area contributed by atoms with E-state index in [1.54, 1.807) is 6.92 Å². The fourth-order valence-electron chi connectivity index (χ4n) is 1.86. The molecule has 0 radical (unpaired) electrons. The highest BCUT2D eigenvalue weighted by atomic mass is 16.4. The Kier molecular flexibility index (Phi) is 6.07. The molecule has 0 aliphatic carbocycles. The number of aliphatic carboxylic acids is 1. The standard InChI is InChI=1S/C17H22O2/c1-13(8-7-9-14(2)17(18)19)12-15(3)16-10-5-4-6-11-16/h4-8,10-12,14-15H,9H2,1-3H3,(H,18,19). The Labute approximate surface area is 115 Å². The van der Waals surface area contributed by atoms with Crippen LogP contribution >= 0.6 is 0 Å². The summed E-state index contributed by atoms with van der Waals surface area (Å²) in [6.07, 6.45) is 6.69. The second kappa shape index (κ2) is 7.57. The largest absolute Gasteiger partial charge is 0.481 e. The molecule has 0 heterocycles. The predicted octanol–water partition coefficient (Wildman–Crippen LogP) is 4.40. The maximum absolute atomic E-state index is 10.7. The van der Waals surface area contributed by atoms with Gasteiger partial charge in [0.1, 0.15) is 0 Å². The van der Waals surface area contributed by atoms with Gasteiger partial charge in [0.2, 0.25) is 0 Å². The number of allylic oxidation sites excluding steroid dienone is 4. The van der Waals surface area contributed by atoms with E-state index in [0.29, 0.717) is 12.3 Å². The Bertz CT molecular complexity index is 457. The van der Waals surface area contributed by atoms with Gasteiger partial charge in [0.25, 0.3) is 0 Å². The molecule has 102 valence electrons. The Morgan fingerprint density at radius 3 is 2.47 bits per heavy atom. The zero-order valence-electron chi connectivity index (χ0n) is 11.8. The Hall–Kier alpha value is -1.83. The molecule has 0 saturated heterocycles. The van der Waals surface area contributed by atoms with Gasteiger partial charge in [-0.25, -0.2) is 0 Å². The first-order valence-electron chi connectivity index (χ1n) is 6.63. The van der Waals surface area contributed by atoms with Crippen molar-refractivity contribution in [1.29, 1.82) is 0 Å². The summed E-state index contributed by atoms with van der Waals surface area (Å²) >= 11 is 0. The maximum atomic E-state index is 10.7. The van der Waals surface area contributed by atoms with Crippen molar-refractivity contribution in [1.82, 2.24) is 0 Å². The zero-order chi connectivity index (χ0) is 14.3. The number of hydrogen-bond acceptors (Lipinski definition) is 1. The van der Waals surface area contributed by atoms with Crippen LogP contribution in [-0.4, -0.2) is 11.1 Å². The van der Waals surface area contributed by atoms with Crippen molar-refractivity contribution in [2.75, 3.05) is 0 Å². The quantitative estimate of drug-likeness (QED) is 0.768. The molecule has 0 aromatic heterocycles. The van der Waals surface area contributed by atoms with Crippen LogP contribution in [0.15, 0.2) is 54.1 Å². The van der Waals surface area contributed by atoms with E-state index in [1.165, 1.54) is 5.56 Å². The van der Waals surface area contributed by atoms with E-state index < -0.39 is 5.97 Å². The highest BCUT2D eigenvalue weighted by Gasteiger charge is 2.07. The lowest BCUT2D eigenvalue weighted by Crippen LogP contribution is -2.07. The van der Waals surface area contributed by atoms with Crippen molar-refractivity contribution in [3.63, 3.8) is 0 Å². The van der Waals surface area contributed by atoms with Crippen LogP contribution in [0.4, 0.5) is 0 Å². The summed E-state index contributed by atoms with van der Waals surface area (Å²) < 4.78 is 0. The van der Waals surface area contributed by atoms with E-state index in [2.05, 4.69) is 25.1 Å². The molecule has 0 aliphatic heterocycles. The van der Waals surface area contributed by atoms with Crippen LogP contribution in [0.1, 0.15) is 38.7 Å². The zero-order valence-corrected chi connectivity index (χ0v) is 11.8. The van der Waals surface area contributed by atoms with Crippen LogP contribution < -0.4 is 0 Å². The van der Waals surface area contributed by atoms with Gasteiger partial charge in [-0.3, -0.25) is 4.79 Å². The molecule has 1 aromatic carbocycles. The van der Waals surface area contributed by atoms with Crippen molar-refractivity contribution in [2.45, 2.75) is 33.1 Å². The monoisotopic (exact) mass is 258 g/mol. The van der Waals surface area contributed by atoms with E-state index >= 15 is 0 Å². The fraction of sp³-hybridized carbons (Fsp3) is 0.353. The minimum Gasteiger partial charge on any atom is -0.481 e. The third-order valence-electron chi connectivity index (χ3n) is 3.13. The Morgan fingerprint density at radius 2 is 1.89 bits per heavy atom. The van der Waals surface area contributed by atoms with Gasteiger partial charge in [0.15, 0.2) is 0 Å². The van der Waals surface area contributed by atoms with E-state index in [0.717, 1.165) is 5.57 Å². The average molecular weight is 258 g/mol. The molecule has 2 atom stereocenters. The van der Waals surface area contributed by atoms with E-state index in [-0.39, 0.29) is 5.92 Å². The summed E-state index contributed by atoms with van der Waals surface area (Å²) in [5.74, 6) is -0.706. The van der Waals surface area contributed by atoms with E-state index in [4.69, 9.17) is 5.11 Å². The SMILES string of the molecule is CC(C=CCC(C)C(=O)O)=CC(C)c1ccccc1. The first kappa shape index (κ1) is 15.2. The molecule has 19 heavy (non-hydrogen) atoms. The van der Waals surface area contributed by atoms with Crippen molar-refractivity contribution >= 4 is 5.97 Å². The van der Waals surface area contributed by atoms with Crippen molar-refractivity contribution < 1.29 is 9.90 Å². The van der Waals surface area contributed by atoms with Crippen LogP contribution in [-0.2, 0) is 4.79 Å². The summed E-state index contributed by atoms with van der Waals surface area (Å²) in [5.41, 5.74) is 2.45. The van der Waals surface area contributed by atoms with Crippen LogP contribution in [0.5, 0.6) is 0 Å². The molecule has 0 spiro atoms. The van der Waals surface area contributed by atoms with Gasteiger partial charge in [-0.15, -0.1) is 0 Å². The lowest BCUT2D eigenvalue weighted by atomic mass is 9.98. The first-order valence-corrected chi connectivity index (χ1v) is 6.63. The molecule has 0 aliphatic rings. The van der Waals surface area contributed by atoms with E-state index in [9.17, 15) is 4.79 Å². The van der Waals surface area contributed by atoms with Crippen LogP contribution in [0, 0.1) is 5.92 Å².